The molecule has 2 fully saturated rings. The van der Waals surface area contributed by atoms with Crippen LogP contribution in [0.2, 0.25) is 0 Å². The summed E-state index contributed by atoms with van der Waals surface area (Å²) in [6, 6.07) is 0.865. The molecule has 1 aliphatic heterocycles. The first-order valence-electron chi connectivity index (χ1n) is 5.85. The first-order valence-corrected chi connectivity index (χ1v) is 5.85. The van der Waals surface area contributed by atoms with Gasteiger partial charge in [-0.1, -0.05) is 0 Å². The average molecular weight is 212 g/mol. The molecule has 0 aromatic rings. The van der Waals surface area contributed by atoms with Gasteiger partial charge in [0.15, 0.2) is 0 Å². The molecule has 1 heterocycles. The van der Waals surface area contributed by atoms with Crippen LogP contribution in [0.5, 0.6) is 0 Å². The lowest BCUT2D eigenvalue weighted by Crippen LogP contribution is -2.54. The third-order valence-electron chi connectivity index (χ3n) is 3.96. The highest BCUT2D eigenvalue weighted by atomic mass is 16.4. The summed E-state index contributed by atoms with van der Waals surface area (Å²) in [7, 11) is 2.09. The largest absolute Gasteiger partial charge is 0.481 e. The maximum absolute atomic E-state index is 10.9. The van der Waals surface area contributed by atoms with Crippen molar-refractivity contribution in [1.29, 1.82) is 0 Å². The SMILES string of the molecule is CN(C1CCNCC1)C1CCC1C(=O)O. The molecule has 0 bridgehead atoms. The number of hydrogen-bond acceptors (Lipinski definition) is 3. The number of carboxylic acid groups (broad SMARTS) is 1. The molecule has 15 heavy (non-hydrogen) atoms. The van der Waals surface area contributed by atoms with Crippen LogP contribution in [0.4, 0.5) is 0 Å². The molecule has 4 heteroatoms. The van der Waals surface area contributed by atoms with Gasteiger partial charge >= 0.3 is 5.97 Å². The fourth-order valence-corrected chi connectivity index (χ4v) is 2.74. The molecular formula is C11H20N2O2. The molecular weight excluding hydrogens is 192 g/mol. The number of aliphatic carboxylic acids is 1. The van der Waals surface area contributed by atoms with Crippen molar-refractivity contribution >= 4 is 5.97 Å². The Balaban J connectivity index is 1.89. The molecule has 0 amide bonds. The molecule has 2 N–H and O–H groups in total. The summed E-state index contributed by atoms with van der Waals surface area (Å²) in [5, 5.41) is 12.3. The van der Waals surface area contributed by atoms with Crippen molar-refractivity contribution in [3.8, 4) is 0 Å². The van der Waals surface area contributed by atoms with Gasteiger partial charge in [-0.2, -0.15) is 0 Å². The zero-order valence-electron chi connectivity index (χ0n) is 9.28. The lowest BCUT2D eigenvalue weighted by Gasteiger charge is -2.45. The van der Waals surface area contributed by atoms with E-state index < -0.39 is 5.97 Å². The van der Waals surface area contributed by atoms with Crippen molar-refractivity contribution in [2.24, 2.45) is 5.92 Å². The second kappa shape index (κ2) is 4.49. The highest BCUT2D eigenvalue weighted by Crippen LogP contribution is 2.33. The van der Waals surface area contributed by atoms with Gasteiger partial charge in [0.05, 0.1) is 5.92 Å². The predicted molar refractivity (Wildman–Crippen MR) is 57.8 cm³/mol. The van der Waals surface area contributed by atoms with Crippen LogP contribution in [-0.2, 0) is 4.79 Å². The Hall–Kier alpha value is -0.610. The predicted octanol–water partition coefficient (Wildman–Crippen LogP) is 0.533. The molecule has 0 aromatic heterocycles. The third-order valence-corrected chi connectivity index (χ3v) is 3.96. The molecule has 2 rings (SSSR count). The summed E-state index contributed by atoms with van der Waals surface area (Å²) in [6.45, 7) is 2.14. The topological polar surface area (TPSA) is 52.6 Å². The summed E-state index contributed by atoms with van der Waals surface area (Å²) in [5.74, 6) is -0.739. The van der Waals surface area contributed by atoms with Crippen LogP contribution in [0.3, 0.4) is 0 Å². The quantitative estimate of drug-likeness (QED) is 0.716. The fraction of sp³-hybridized carbons (Fsp3) is 0.909. The van der Waals surface area contributed by atoms with Gasteiger partial charge < -0.3 is 10.4 Å². The number of nitrogens with zero attached hydrogens (tertiary/aromatic N) is 1. The molecule has 0 spiro atoms. The van der Waals surface area contributed by atoms with Gasteiger partial charge in [-0.15, -0.1) is 0 Å². The van der Waals surface area contributed by atoms with Gasteiger partial charge in [-0.25, -0.2) is 0 Å². The Bertz CT molecular complexity index is 239. The summed E-state index contributed by atoms with van der Waals surface area (Å²) < 4.78 is 0. The summed E-state index contributed by atoms with van der Waals surface area (Å²) >= 11 is 0. The van der Waals surface area contributed by atoms with Gasteiger partial charge in [-0.3, -0.25) is 9.69 Å². The normalized spacial score (nSPS) is 32.7. The summed E-state index contributed by atoms with van der Waals surface area (Å²) in [5.41, 5.74) is 0. The highest BCUT2D eigenvalue weighted by molar-refractivity contribution is 5.72. The monoisotopic (exact) mass is 212 g/mol. The van der Waals surface area contributed by atoms with E-state index in [2.05, 4.69) is 17.3 Å². The zero-order chi connectivity index (χ0) is 10.8. The van der Waals surface area contributed by atoms with Crippen LogP contribution in [0.25, 0.3) is 0 Å². The van der Waals surface area contributed by atoms with E-state index in [1.54, 1.807) is 0 Å². The Morgan fingerprint density at radius 3 is 2.40 bits per heavy atom. The number of carbonyl (C=O) groups is 1. The third kappa shape index (κ3) is 2.16. The van der Waals surface area contributed by atoms with Gasteiger partial charge in [0.1, 0.15) is 0 Å². The van der Waals surface area contributed by atoms with Gasteiger partial charge in [-0.05, 0) is 45.8 Å². The number of nitrogens with one attached hydrogen (secondary N) is 1. The van der Waals surface area contributed by atoms with Gasteiger partial charge in [0.25, 0.3) is 0 Å². The number of carboxylic acids is 1. The zero-order valence-corrected chi connectivity index (χ0v) is 9.28. The first-order chi connectivity index (χ1) is 7.20. The molecule has 2 atom stereocenters. The molecule has 0 aromatic carbocycles. The lowest BCUT2D eigenvalue weighted by molar-refractivity contribution is -0.149. The van der Waals surface area contributed by atoms with E-state index in [9.17, 15) is 4.79 Å². The van der Waals surface area contributed by atoms with Crippen LogP contribution in [0, 0.1) is 5.92 Å². The molecule has 4 nitrogen and oxygen atoms in total. The van der Waals surface area contributed by atoms with Crippen molar-refractivity contribution in [3.63, 3.8) is 0 Å². The van der Waals surface area contributed by atoms with Crippen LogP contribution in [0.1, 0.15) is 25.7 Å². The minimum atomic E-state index is -0.618. The average Bonchev–Trinajstić information content (AvgIpc) is 2.16. The maximum Gasteiger partial charge on any atom is 0.308 e. The van der Waals surface area contributed by atoms with E-state index in [1.807, 2.05) is 0 Å². The summed E-state index contributed by atoms with van der Waals surface area (Å²) in [6.07, 6.45) is 4.21. The van der Waals surface area contributed by atoms with E-state index in [1.165, 1.54) is 0 Å². The maximum atomic E-state index is 10.9. The van der Waals surface area contributed by atoms with E-state index in [4.69, 9.17) is 5.11 Å². The second-order valence-corrected chi connectivity index (χ2v) is 4.74. The van der Waals surface area contributed by atoms with Crippen LogP contribution in [0.15, 0.2) is 0 Å². The smallest absolute Gasteiger partial charge is 0.308 e. The van der Waals surface area contributed by atoms with Crippen molar-refractivity contribution in [2.75, 3.05) is 20.1 Å². The van der Waals surface area contributed by atoms with E-state index in [0.29, 0.717) is 6.04 Å². The van der Waals surface area contributed by atoms with Gasteiger partial charge in [0, 0.05) is 12.1 Å². The van der Waals surface area contributed by atoms with Crippen LogP contribution >= 0.6 is 0 Å². The fourth-order valence-electron chi connectivity index (χ4n) is 2.74. The molecule has 2 aliphatic rings. The summed E-state index contributed by atoms with van der Waals surface area (Å²) in [4.78, 5) is 13.2. The Labute approximate surface area is 90.6 Å². The Morgan fingerprint density at radius 1 is 1.27 bits per heavy atom. The van der Waals surface area contributed by atoms with Crippen LogP contribution in [-0.4, -0.2) is 48.2 Å². The molecule has 1 aliphatic carbocycles. The highest BCUT2D eigenvalue weighted by Gasteiger charge is 2.41. The molecule has 0 radical (unpaired) electrons. The number of piperidine rings is 1. The van der Waals surface area contributed by atoms with Crippen molar-refractivity contribution in [2.45, 2.75) is 37.8 Å². The van der Waals surface area contributed by atoms with E-state index >= 15 is 0 Å². The minimum absolute atomic E-state index is 0.120. The van der Waals surface area contributed by atoms with E-state index in [-0.39, 0.29) is 12.0 Å². The van der Waals surface area contributed by atoms with Gasteiger partial charge in [0.2, 0.25) is 0 Å². The number of hydrogen-bond donors (Lipinski definition) is 2. The second-order valence-electron chi connectivity index (χ2n) is 4.74. The molecule has 1 saturated heterocycles. The van der Waals surface area contributed by atoms with Crippen molar-refractivity contribution < 1.29 is 9.90 Å². The standard InChI is InChI=1S/C11H20N2O2/c1-13(8-4-6-12-7-5-8)10-3-2-9(10)11(14)15/h8-10,12H,2-7H2,1H3,(H,14,15). The minimum Gasteiger partial charge on any atom is -0.481 e. The van der Waals surface area contributed by atoms with Crippen molar-refractivity contribution in [1.82, 2.24) is 10.2 Å². The molecule has 86 valence electrons. The lowest BCUT2D eigenvalue weighted by atomic mass is 9.77. The molecule has 1 saturated carbocycles. The number of rotatable bonds is 3. The van der Waals surface area contributed by atoms with Crippen LogP contribution < -0.4 is 5.32 Å². The Kier molecular flexibility index (Phi) is 3.26. The Morgan fingerprint density at radius 2 is 1.93 bits per heavy atom. The van der Waals surface area contributed by atoms with E-state index in [0.717, 1.165) is 38.8 Å². The first kappa shape index (κ1) is 10.9. The van der Waals surface area contributed by atoms with Crippen molar-refractivity contribution in [3.05, 3.63) is 0 Å². The molecule has 2 unspecified atom stereocenters.